The zero-order valence-electron chi connectivity index (χ0n) is 9.18. The van der Waals surface area contributed by atoms with E-state index in [9.17, 15) is 4.79 Å². The molecular formula is C12H14N2O2. The van der Waals surface area contributed by atoms with Gasteiger partial charge in [-0.1, -0.05) is 23.4 Å². The smallest absolute Gasteiger partial charge is 0.223 e. The molecule has 2 rings (SSSR count). The maximum Gasteiger partial charge on any atom is 0.223 e. The Morgan fingerprint density at radius 1 is 1.44 bits per heavy atom. The van der Waals surface area contributed by atoms with Crippen LogP contribution in [-0.4, -0.2) is 23.4 Å². The standard InChI is InChI=1S/C12H14N2O2/c1-9(15)14-8-4-6-11(13-16)10-5-2-3-7-12(10)14/h2-3,5,7,16H,4,6,8H2,1H3/b13-11-. The van der Waals surface area contributed by atoms with Gasteiger partial charge in [-0.15, -0.1) is 0 Å². The van der Waals surface area contributed by atoms with Crippen molar-refractivity contribution in [3.05, 3.63) is 29.8 Å². The van der Waals surface area contributed by atoms with E-state index in [1.54, 1.807) is 11.8 Å². The molecular weight excluding hydrogens is 204 g/mol. The van der Waals surface area contributed by atoms with Crippen LogP contribution in [0.25, 0.3) is 0 Å². The first-order valence-corrected chi connectivity index (χ1v) is 5.32. The Kier molecular flexibility index (Phi) is 2.90. The van der Waals surface area contributed by atoms with E-state index < -0.39 is 0 Å². The van der Waals surface area contributed by atoms with Gasteiger partial charge in [0, 0.05) is 19.0 Å². The fourth-order valence-corrected chi connectivity index (χ4v) is 2.04. The molecule has 0 aliphatic carbocycles. The lowest BCUT2D eigenvalue weighted by Gasteiger charge is -2.20. The van der Waals surface area contributed by atoms with Crippen molar-refractivity contribution in [2.75, 3.05) is 11.4 Å². The molecule has 0 saturated heterocycles. The highest BCUT2D eigenvalue weighted by atomic mass is 16.4. The Morgan fingerprint density at radius 3 is 2.88 bits per heavy atom. The van der Waals surface area contributed by atoms with E-state index in [0.717, 1.165) is 17.7 Å². The number of carbonyl (C=O) groups excluding carboxylic acids is 1. The van der Waals surface area contributed by atoms with Crippen molar-refractivity contribution in [1.29, 1.82) is 0 Å². The summed E-state index contributed by atoms with van der Waals surface area (Å²) in [6.07, 6.45) is 1.50. The fraction of sp³-hybridized carbons (Fsp3) is 0.333. The molecule has 0 unspecified atom stereocenters. The number of hydrogen-bond acceptors (Lipinski definition) is 3. The van der Waals surface area contributed by atoms with E-state index >= 15 is 0 Å². The zero-order valence-corrected chi connectivity index (χ0v) is 9.18. The highest BCUT2D eigenvalue weighted by Crippen LogP contribution is 2.26. The predicted molar refractivity (Wildman–Crippen MR) is 62.0 cm³/mol. The molecule has 1 amide bonds. The number of amides is 1. The maximum absolute atomic E-state index is 11.5. The average molecular weight is 218 g/mol. The number of fused-ring (bicyclic) bond motifs is 1. The fourth-order valence-electron chi connectivity index (χ4n) is 2.04. The third-order valence-corrected chi connectivity index (χ3v) is 2.80. The lowest BCUT2D eigenvalue weighted by Crippen LogP contribution is -2.29. The SMILES string of the molecule is CC(=O)N1CCC/C(=N/O)c2ccccc21. The van der Waals surface area contributed by atoms with Crippen LogP contribution in [0.2, 0.25) is 0 Å². The molecule has 1 N–H and O–H groups in total. The minimum Gasteiger partial charge on any atom is -0.411 e. The van der Waals surface area contributed by atoms with E-state index in [2.05, 4.69) is 5.16 Å². The molecule has 1 heterocycles. The summed E-state index contributed by atoms with van der Waals surface area (Å²) in [5.74, 6) is 0.0200. The van der Waals surface area contributed by atoms with Gasteiger partial charge < -0.3 is 10.1 Å². The largest absolute Gasteiger partial charge is 0.411 e. The van der Waals surface area contributed by atoms with Crippen LogP contribution in [0.1, 0.15) is 25.3 Å². The maximum atomic E-state index is 11.5. The highest BCUT2D eigenvalue weighted by Gasteiger charge is 2.21. The molecule has 1 aliphatic heterocycles. The number of para-hydroxylation sites is 1. The summed E-state index contributed by atoms with van der Waals surface area (Å²) in [5.41, 5.74) is 2.33. The summed E-state index contributed by atoms with van der Waals surface area (Å²) in [5, 5.41) is 12.3. The van der Waals surface area contributed by atoms with Crippen LogP contribution in [0.5, 0.6) is 0 Å². The van der Waals surface area contributed by atoms with Gasteiger partial charge in [0.2, 0.25) is 5.91 Å². The van der Waals surface area contributed by atoms with Crippen LogP contribution < -0.4 is 4.90 Å². The van der Waals surface area contributed by atoms with Gasteiger partial charge in [-0.25, -0.2) is 0 Å². The van der Waals surface area contributed by atoms with Gasteiger partial charge in [0.15, 0.2) is 0 Å². The minimum absolute atomic E-state index is 0.0200. The molecule has 0 bridgehead atoms. The van der Waals surface area contributed by atoms with Gasteiger partial charge in [-0.05, 0) is 18.9 Å². The lowest BCUT2D eigenvalue weighted by molar-refractivity contribution is -0.116. The second-order valence-corrected chi connectivity index (χ2v) is 3.84. The van der Waals surface area contributed by atoms with Crippen molar-refractivity contribution >= 4 is 17.3 Å². The molecule has 0 radical (unpaired) electrons. The summed E-state index contributed by atoms with van der Waals surface area (Å²) in [6, 6.07) is 7.53. The second kappa shape index (κ2) is 4.35. The molecule has 1 aromatic rings. The molecule has 16 heavy (non-hydrogen) atoms. The molecule has 0 atom stereocenters. The van der Waals surface area contributed by atoms with Crippen LogP contribution in [-0.2, 0) is 4.79 Å². The Morgan fingerprint density at radius 2 is 2.19 bits per heavy atom. The Bertz CT molecular complexity index is 440. The van der Waals surface area contributed by atoms with E-state index in [-0.39, 0.29) is 5.91 Å². The number of anilines is 1. The third kappa shape index (κ3) is 1.78. The van der Waals surface area contributed by atoms with Crippen molar-refractivity contribution in [2.45, 2.75) is 19.8 Å². The summed E-state index contributed by atoms with van der Waals surface area (Å²) in [7, 11) is 0. The molecule has 4 nitrogen and oxygen atoms in total. The van der Waals surface area contributed by atoms with Gasteiger partial charge in [0.05, 0.1) is 11.4 Å². The van der Waals surface area contributed by atoms with Gasteiger partial charge in [-0.3, -0.25) is 4.79 Å². The van der Waals surface area contributed by atoms with Gasteiger partial charge in [-0.2, -0.15) is 0 Å². The molecule has 1 aliphatic rings. The number of nitrogens with zero attached hydrogens (tertiary/aromatic N) is 2. The molecule has 84 valence electrons. The summed E-state index contributed by atoms with van der Waals surface area (Å²) >= 11 is 0. The molecule has 0 fully saturated rings. The zero-order chi connectivity index (χ0) is 11.5. The van der Waals surface area contributed by atoms with Gasteiger partial charge in [0.25, 0.3) is 0 Å². The van der Waals surface area contributed by atoms with E-state index in [0.29, 0.717) is 18.7 Å². The third-order valence-electron chi connectivity index (χ3n) is 2.80. The van der Waals surface area contributed by atoms with Crippen molar-refractivity contribution in [1.82, 2.24) is 0 Å². The van der Waals surface area contributed by atoms with Crippen LogP contribution in [0, 0.1) is 0 Å². The topological polar surface area (TPSA) is 52.9 Å². The highest BCUT2D eigenvalue weighted by molar-refractivity contribution is 6.08. The molecule has 1 aromatic carbocycles. The Labute approximate surface area is 94.2 Å². The number of hydrogen-bond donors (Lipinski definition) is 1. The number of rotatable bonds is 0. The van der Waals surface area contributed by atoms with E-state index in [4.69, 9.17) is 5.21 Å². The normalized spacial score (nSPS) is 18.1. The quantitative estimate of drug-likeness (QED) is 0.535. The lowest BCUT2D eigenvalue weighted by atomic mass is 10.1. The molecule has 0 aromatic heterocycles. The van der Waals surface area contributed by atoms with Crippen LogP contribution >= 0.6 is 0 Å². The minimum atomic E-state index is 0.0200. The molecule has 4 heteroatoms. The van der Waals surface area contributed by atoms with Crippen LogP contribution in [0.3, 0.4) is 0 Å². The summed E-state index contributed by atoms with van der Waals surface area (Å²) < 4.78 is 0. The molecule has 0 spiro atoms. The van der Waals surface area contributed by atoms with Crippen molar-refractivity contribution in [2.24, 2.45) is 5.16 Å². The van der Waals surface area contributed by atoms with Gasteiger partial charge in [0.1, 0.15) is 0 Å². The first kappa shape index (κ1) is 10.7. The Hall–Kier alpha value is -1.84. The molecule has 0 saturated carbocycles. The Balaban J connectivity index is 2.54. The first-order chi connectivity index (χ1) is 7.74. The average Bonchev–Trinajstić information content (AvgIpc) is 2.47. The number of benzene rings is 1. The van der Waals surface area contributed by atoms with Gasteiger partial charge >= 0.3 is 0 Å². The van der Waals surface area contributed by atoms with Crippen LogP contribution in [0.4, 0.5) is 5.69 Å². The summed E-state index contributed by atoms with van der Waals surface area (Å²) in [4.78, 5) is 13.3. The van der Waals surface area contributed by atoms with Crippen molar-refractivity contribution in [3.63, 3.8) is 0 Å². The van der Waals surface area contributed by atoms with E-state index in [1.165, 1.54) is 0 Å². The first-order valence-electron chi connectivity index (χ1n) is 5.32. The predicted octanol–water partition coefficient (Wildman–Crippen LogP) is 2.01. The van der Waals surface area contributed by atoms with Crippen LogP contribution in [0.15, 0.2) is 29.4 Å². The van der Waals surface area contributed by atoms with Crippen molar-refractivity contribution < 1.29 is 10.0 Å². The summed E-state index contributed by atoms with van der Waals surface area (Å²) in [6.45, 7) is 2.23. The monoisotopic (exact) mass is 218 g/mol. The second-order valence-electron chi connectivity index (χ2n) is 3.84. The van der Waals surface area contributed by atoms with E-state index in [1.807, 2.05) is 24.3 Å². The number of carbonyl (C=O) groups is 1. The van der Waals surface area contributed by atoms with Crippen molar-refractivity contribution in [3.8, 4) is 0 Å². The number of oxime groups is 1.